The molecule has 0 aromatic heterocycles. The van der Waals surface area contributed by atoms with Crippen LogP contribution < -0.4 is 4.74 Å². The van der Waals surface area contributed by atoms with Crippen molar-refractivity contribution in [3.63, 3.8) is 0 Å². The zero-order chi connectivity index (χ0) is 22.1. The molecule has 0 spiro atoms. The largest absolute Gasteiger partial charge is 0.489 e. The van der Waals surface area contributed by atoms with Gasteiger partial charge in [0.15, 0.2) is 0 Å². The van der Waals surface area contributed by atoms with E-state index in [-0.39, 0.29) is 0 Å². The van der Waals surface area contributed by atoms with Crippen LogP contribution in [-0.2, 0) is 16.1 Å². The van der Waals surface area contributed by atoms with E-state index < -0.39 is 18.1 Å². The first kappa shape index (κ1) is 24.3. The van der Waals surface area contributed by atoms with Crippen LogP contribution in [0.15, 0.2) is 65.1 Å². The summed E-state index contributed by atoms with van der Waals surface area (Å²) in [7, 11) is 1.33. The van der Waals surface area contributed by atoms with Crippen molar-refractivity contribution >= 4 is 29.5 Å². The molecule has 0 aliphatic carbocycles. The summed E-state index contributed by atoms with van der Waals surface area (Å²) < 4.78 is 12.5. The lowest BCUT2D eigenvalue weighted by molar-refractivity contribution is -0.148. The van der Waals surface area contributed by atoms with Gasteiger partial charge in [0.25, 0.3) is 0 Å². The first-order chi connectivity index (χ1) is 14.3. The highest BCUT2D eigenvalue weighted by Crippen LogP contribution is 2.29. The molecule has 7 heteroatoms. The third-order valence-electron chi connectivity index (χ3n) is 4.23. The van der Waals surface area contributed by atoms with Gasteiger partial charge in [-0.25, -0.2) is 4.31 Å². The second-order valence-electron chi connectivity index (χ2n) is 7.07. The number of methoxy groups -OCH3 is 1. The molecule has 0 aliphatic rings. The van der Waals surface area contributed by atoms with E-state index in [9.17, 15) is 9.90 Å². The summed E-state index contributed by atoms with van der Waals surface area (Å²) >= 11 is 7.39. The number of esters is 1. The van der Waals surface area contributed by atoms with Crippen LogP contribution in [0.2, 0.25) is 5.02 Å². The molecular formula is C23H28ClNO4S. The number of ether oxygens (including phenoxy) is 2. The third-order valence-corrected chi connectivity index (χ3v) is 5.56. The standard InChI is InChI=1S/C23H28ClNO4S/c1-16(2)12-13-25(22(17(3)26)23(27)28-4)30-21-10-8-20(9-11-21)29-15-18-6-5-7-19(24)14-18/h5-12,14,17,22,26H,13,15H2,1-4H3. The number of nitrogens with zero attached hydrogens (tertiary/aromatic N) is 1. The lowest BCUT2D eigenvalue weighted by atomic mass is 10.2. The average Bonchev–Trinajstić information content (AvgIpc) is 2.71. The van der Waals surface area contributed by atoms with Crippen LogP contribution in [0.3, 0.4) is 0 Å². The van der Waals surface area contributed by atoms with Crippen molar-refractivity contribution in [1.82, 2.24) is 4.31 Å². The first-order valence-electron chi connectivity index (χ1n) is 9.61. The Bertz CT molecular complexity index is 851. The minimum Gasteiger partial charge on any atom is -0.489 e. The molecule has 2 rings (SSSR count). The average molecular weight is 450 g/mol. The molecule has 30 heavy (non-hydrogen) atoms. The highest BCUT2D eigenvalue weighted by molar-refractivity contribution is 7.97. The Labute approximate surface area is 187 Å². The lowest BCUT2D eigenvalue weighted by Crippen LogP contribution is -2.45. The number of aliphatic hydroxyl groups is 1. The fourth-order valence-corrected chi connectivity index (χ4v) is 3.95. The molecule has 2 aromatic rings. The molecule has 0 aliphatic heterocycles. The Kier molecular flexibility index (Phi) is 9.72. The fraction of sp³-hybridized carbons (Fsp3) is 0.348. The van der Waals surface area contributed by atoms with E-state index in [0.29, 0.717) is 18.2 Å². The Morgan fingerprint density at radius 1 is 1.23 bits per heavy atom. The second kappa shape index (κ2) is 12.0. The number of carbonyl (C=O) groups excluding carboxylic acids is 1. The van der Waals surface area contributed by atoms with Crippen LogP contribution >= 0.6 is 23.5 Å². The highest BCUT2D eigenvalue weighted by Gasteiger charge is 2.31. The zero-order valence-electron chi connectivity index (χ0n) is 17.7. The minimum atomic E-state index is -0.879. The number of hydrogen-bond donors (Lipinski definition) is 1. The molecule has 2 atom stereocenters. The van der Waals surface area contributed by atoms with Crippen molar-refractivity contribution in [2.75, 3.05) is 13.7 Å². The van der Waals surface area contributed by atoms with Crippen molar-refractivity contribution in [3.05, 3.63) is 70.8 Å². The maximum atomic E-state index is 12.2. The summed E-state index contributed by atoms with van der Waals surface area (Å²) in [6.45, 7) is 6.48. The molecule has 0 bridgehead atoms. The van der Waals surface area contributed by atoms with Crippen LogP contribution in [-0.4, -0.2) is 41.2 Å². The predicted molar refractivity (Wildman–Crippen MR) is 122 cm³/mol. The van der Waals surface area contributed by atoms with Crippen LogP contribution in [0.4, 0.5) is 0 Å². The summed E-state index contributed by atoms with van der Waals surface area (Å²) in [5.74, 6) is 0.261. The van der Waals surface area contributed by atoms with Gasteiger partial charge in [0, 0.05) is 16.5 Å². The van der Waals surface area contributed by atoms with Gasteiger partial charge in [0.2, 0.25) is 0 Å². The van der Waals surface area contributed by atoms with Gasteiger partial charge in [0.1, 0.15) is 18.4 Å². The van der Waals surface area contributed by atoms with E-state index in [2.05, 4.69) is 0 Å². The molecule has 5 nitrogen and oxygen atoms in total. The van der Waals surface area contributed by atoms with Gasteiger partial charge >= 0.3 is 5.97 Å². The number of rotatable bonds is 10. The van der Waals surface area contributed by atoms with E-state index in [1.54, 1.807) is 6.92 Å². The van der Waals surface area contributed by atoms with E-state index in [4.69, 9.17) is 21.1 Å². The van der Waals surface area contributed by atoms with Crippen molar-refractivity contribution in [2.45, 2.75) is 44.4 Å². The maximum absolute atomic E-state index is 12.2. The van der Waals surface area contributed by atoms with E-state index in [0.717, 1.165) is 21.8 Å². The zero-order valence-corrected chi connectivity index (χ0v) is 19.2. The number of halogens is 1. The minimum absolute atomic E-state index is 0.423. The van der Waals surface area contributed by atoms with Gasteiger partial charge in [-0.3, -0.25) is 4.79 Å². The lowest BCUT2D eigenvalue weighted by Gasteiger charge is -2.29. The summed E-state index contributed by atoms with van der Waals surface area (Å²) in [4.78, 5) is 13.2. The van der Waals surface area contributed by atoms with Gasteiger partial charge in [-0.15, -0.1) is 0 Å². The number of benzene rings is 2. The quantitative estimate of drug-likeness (QED) is 0.309. The Morgan fingerprint density at radius 3 is 2.50 bits per heavy atom. The molecule has 2 aromatic carbocycles. The summed E-state index contributed by atoms with van der Waals surface area (Å²) in [5.41, 5.74) is 2.12. The topological polar surface area (TPSA) is 59.0 Å². The molecule has 1 N–H and O–H groups in total. The Morgan fingerprint density at radius 2 is 1.93 bits per heavy atom. The number of hydrogen-bond acceptors (Lipinski definition) is 6. The van der Waals surface area contributed by atoms with E-state index >= 15 is 0 Å². The highest BCUT2D eigenvalue weighted by atomic mass is 35.5. The van der Waals surface area contributed by atoms with E-state index in [1.807, 2.05) is 72.8 Å². The number of carbonyl (C=O) groups is 1. The SMILES string of the molecule is COC(=O)C(C(C)O)N(CC=C(C)C)Sc1ccc(OCc2cccc(Cl)c2)cc1. The molecule has 0 saturated heterocycles. The molecule has 2 unspecified atom stereocenters. The maximum Gasteiger partial charge on any atom is 0.326 e. The Balaban J connectivity index is 2.09. The van der Waals surface area contributed by atoms with Crippen LogP contribution in [0.1, 0.15) is 26.3 Å². The summed E-state index contributed by atoms with van der Waals surface area (Å²) in [6.07, 6.45) is 1.13. The molecule has 0 radical (unpaired) electrons. The van der Waals surface area contributed by atoms with Crippen molar-refractivity contribution in [3.8, 4) is 5.75 Å². The van der Waals surface area contributed by atoms with Gasteiger partial charge in [-0.05, 0) is 74.7 Å². The Hall–Kier alpha value is -1.99. The number of allylic oxidation sites excluding steroid dienone is 1. The van der Waals surface area contributed by atoms with E-state index in [1.165, 1.54) is 19.1 Å². The van der Waals surface area contributed by atoms with Crippen molar-refractivity contribution in [2.24, 2.45) is 0 Å². The molecular weight excluding hydrogens is 422 g/mol. The molecule has 0 saturated carbocycles. The summed E-state index contributed by atoms with van der Waals surface area (Å²) in [6, 6.07) is 14.4. The molecule has 162 valence electrons. The molecule has 0 fully saturated rings. The predicted octanol–water partition coefficient (Wildman–Crippen LogP) is 5.12. The molecule has 0 amide bonds. The van der Waals surface area contributed by atoms with Gasteiger partial charge in [-0.2, -0.15) is 0 Å². The fourth-order valence-electron chi connectivity index (χ4n) is 2.68. The monoisotopic (exact) mass is 449 g/mol. The van der Waals surface area contributed by atoms with Crippen LogP contribution in [0.25, 0.3) is 0 Å². The van der Waals surface area contributed by atoms with Gasteiger partial charge in [0.05, 0.1) is 13.2 Å². The summed E-state index contributed by atoms with van der Waals surface area (Å²) in [5, 5.41) is 10.8. The van der Waals surface area contributed by atoms with Gasteiger partial charge < -0.3 is 14.6 Å². The van der Waals surface area contributed by atoms with Gasteiger partial charge in [-0.1, -0.05) is 35.4 Å². The second-order valence-corrected chi connectivity index (χ2v) is 8.63. The van der Waals surface area contributed by atoms with Crippen LogP contribution in [0.5, 0.6) is 5.75 Å². The molecule has 0 heterocycles. The van der Waals surface area contributed by atoms with Crippen LogP contribution in [0, 0.1) is 0 Å². The normalized spacial score (nSPS) is 12.9. The van der Waals surface area contributed by atoms with Crippen molar-refractivity contribution < 1.29 is 19.4 Å². The first-order valence-corrected chi connectivity index (χ1v) is 10.8. The smallest absolute Gasteiger partial charge is 0.326 e. The van der Waals surface area contributed by atoms with Crippen molar-refractivity contribution in [1.29, 1.82) is 0 Å². The third kappa shape index (κ3) is 7.69. The number of aliphatic hydroxyl groups excluding tert-OH is 1.